The smallest absolute Gasteiger partial charge is 0.239 e. The Labute approximate surface area is 103 Å². The van der Waals surface area contributed by atoms with Crippen molar-refractivity contribution in [3.8, 4) is 0 Å². The molecule has 0 aliphatic carbocycles. The third-order valence-corrected chi connectivity index (χ3v) is 3.06. The predicted molar refractivity (Wildman–Crippen MR) is 66.9 cm³/mol. The highest BCUT2D eigenvalue weighted by atomic mass is 19.1. The summed E-state index contributed by atoms with van der Waals surface area (Å²) in [7, 11) is 0. The van der Waals surface area contributed by atoms with Crippen LogP contribution in [0.1, 0.15) is 0 Å². The second-order valence-electron chi connectivity index (χ2n) is 4.26. The molecule has 2 heterocycles. The summed E-state index contributed by atoms with van der Waals surface area (Å²) in [5.41, 5.74) is 1.54. The van der Waals surface area contributed by atoms with Crippen LogP contribution in [0, 0.1) is 5.82 Å². The number of piperazine rings is 1. The number of hydrogen-bond acceptors (Lipinski definition) is 3. The summed E-state index contributed by atoms with van der Waals surface area (Å²) in [4.78, 5) is 17.5. The second kappa shape index (κ2) is 4.25. The zero-order valence-corrected chi connectivity index (χ0v) is 9.69. The van der Waals surface area contributed by atoms with Gasteiger partial charge in [0.2, 0.25) is 5.91 Å². The molecule has 0 radical (unpaired) electrons. The number of carbonyl (C=O) groups excluding carboxylic acids is 1. The molecule has 2 aromatic rings. The van der Waals surface area contributed by atoms with Gasteiger partial charge in [0, 0.05) is 36.4 Å². The van der Waals surface area contributed by atoms with Crippen LogP contribution in [-0.2, 0) is 4.79 Å². The molecule has 1 N–H and O–H groups in total. The molecule has 3 rings (SSSR count). The van der Waals surface area contributed by atoms with E-state index in [1.807, 2.05) is 11.0 Å². The average molecular weight is 245 g/mol. The molecule has 1 aromatic carbocycles. The largest absolute Gasteiger partial charge is 0.360 e. The molecule has 0 unspecified atom stereocenters. The monoisotopic (exact) mass is 245 g/mol. The van der Waals surface area contributed by atoms with Gasteiger partial charge < -0.3 is 10.2 Å². The molecule has 1 aromatic heterocycles. The molecule has 1 saturated heterocycles. The number of nitrogens with zero attached hydrogens (tertiary/aromatic N) is 2. The molecule has 1 fully saturated rings. The summed E-state index contributed by atoms with van der Waals surface area (Å²) >= 11 is 0. The molecule has 1 aliphatic rings. The number of halogens is 1. The first kappa shape index (κ1) is 11.0. The van der Waals surface area contributed by atoms with Gasteiger partial charge in [0.15, 0.2) is 0 Å². The van der Waals surface area contributed by atoms with E-state index in [1.54, 1.807) is 12.3 Å². The van der Waals surface area contributed by atoms with Gasteiger partial charge in [-0.15, -0.1) is 0 Å². The van der Waals surface area contributed by atoms with E-state index in [0.29, 0.717) is 18.6 Å². The van der Waals surface area contributed by atoms with Crippen molar-refractivity contribution in [2.75, 3.05) is 24.5 Å². The lowest BCUT2D eigenvalue weighted by Gasteiger charge is -2.29. The Bertz CT molecular complexity index is 614. The SMILES string of the molecule is O=C1CN(c2ccnc3cc(F)ccc23)CCN1. The standard InChI is InChI=1S/C13H12FN3O/c14-9-1-2-10-11(7-9)15-4-3-12(10)17-6-5-16-13(18)8-17/h1-4,7H,5-6,8H2,(H,16,18). The maximum absolute atomic E-state index is 13.2. The van der Waals surface area contributed by atoms with Gasteiger partial charge in [0.1, 0.15) is 5.82 Å². The Morgan fingerprint density at radius 3 is 3.06 bits per heavy atom. The van der Waals surface area contributed by atoms with Crippen LogP contribution in [0.3, 0.4) is 0 Å². The number of pyridine rings is 1. The Morgan fingerprint density at radius 1 is 1.33 bits per heavy atom. The Morgan fingerprint density at radius 2 is 2.22 bits per heavy atom. The van der Waals surface area contributed by atoms with Crippen LogP contribution in [0.5, 0.6) is 0 Å². The van der Waals surface area contributed by atoms with Crippen LogP contribution in [0.25, 0.3) is 10.9 Å². The molecule has 5 heteroatoms. The Kier molecular flexibility index (Phi) is 2.59. The zero-order valence-electron chi connectivity index (χ0n) is 9.69. The number of fused-ring (bicyclic) bond motifs is 1. The van der Waals surface area contributed by atoms with Crippen LogP contribution in [0.15, 0.2) is 30.5 Å². The molecule has 1 aliphatic heterocycles. The number of hydrogen-bond donors (Lipinski definition) is 1. The fraction of sp³-hybridized carbons (Fsp3) is 0.231. The van der Waals surface area contributed by atoms with Gasteiger partial charge in [-0.3, -0.25) is 9.78 Å². The molecular weight excluding hydrogens is 233 g/mol. The number of anilines is 1. The van der Waals surface area contributed by atoms with E-state index in [0.717, 1.165) is 17.6 Å². The summed E-state index contributed by atoms with van der Waals surface area (Å²) in [6, 6.07) is 6.39. The maximum Gasteiger partial charge on any atom is 0.239 e. The van der Waals surface area contributed by atoms with Gasteiger partial charge in [-0.05, 0) is 18.2 Å². The molecule has 18 heavy (non-hydrogen) atoms. The van der Waals surface area contributed by atoms with E-state index in [2.05, 4.69) is 10.3 Å². The molecule has 0 bridgehead atoms. The normalized spacial score (nSPS) is 15.8. The van der Waals surface area contributed by atoms with Gasteiger partial charge in [0.25, 0.3) is 0 Å². The van der Waals surface area contributed by atoms with E-state index >= 15 is 0 Å². The number of carbonyl (C=O) groups is 1. The van der Waals surface area contributed by atoms with Crippen molar-refractivity contribution >= 4 is 22.5 Å². The van der Waals surface area contributed by atoms with Crippen LogP contribution < -0.4 is 10.2 Å². The van der Waals surface area contributed by atoms with Gasteiger partial charge in [-0.25, -0.2) is 4.39 Å². The molecule has 0 atom stereocenters. The molecule has 4 nitrogen and oxygen atoms in total. The number of benzene rings is 1. The van der Waals surface area contributed by atoms with Crippen LogP contribution in [-0.4, -0.2) is 30.5 Å². The topological polar surface area (TPSA) is 45.2 Å². The lowest BCUT2D eigenvalue weighted by Crippen LogP contribution is -2.47. The van der Waals surface area contributed by atoms with Gasteiger partial charge in [0.05, 0.1) is 12.1 Å². The third kappa shape index (κ3) is 1.88. The molecule has 0 spiro atoms. The fourth-order valence-electron chi connectivity index (χ4n) is 2.23. The highest BCUT2D eigenvalue weighted by Gasteiger charge is 2.18. The van der Waals surface area contributed by atoms with Gasteiger partial charge >= 0.3 is 0 Å². The lowest BCUT2D eigenvalue weighted by molar-refractivity contribution is -0.120. The van der Waals surface area contributed by atoms with Crippen molar-refractivity contribution in [2.24, 2.45) is 0 Å². The van der Waals surface area contributed by atoms with Gasteiger partial charge in [-0.1, -0.05) is 0 Å². The van der Waals surface area contributed by atoms with Crippen LogP contribution >= 0.6 is 0 Å². The maximum atomic E-state index is 13.2. The number of aromatic nitrogens is 1. The Hall–Kier alpha value is -2.17. The van der Waals surface area contributed by atoms with Crippen molar-refractivity contribution < 1.29 is 9.18 Å². The number of nitrogens with one attached hydrogen (secondary N) is 1. The summed E-state index contributed by atoms with van der Waals surface area (Å²) in [5, 5.41) is 3.65. The van der Waals surface area contributed by atoms with Crippen LogP contribution in [0.4, 0.5) is 10.1 Å². The van der Waals surface area contributed by atoms with Gasteiger partial charge in [-0.2, -0.15) is 0 Å². The molecular formula is C13H12FN3O. The highest BCUT2D eigenvalue weighted by molar-refractivity contribution is 5.94. The average Bonchev–Trinajstić information content (AvgIpc) is 2.37. The minimum Gasteiger partial charge on any atom is -0.360 e. The highest BCUT2D eigenvalue weighted by Crippen LogP contribution is 2.26. The number of amides is 1. The first-order chi connectivity index (χ1) is 8.74. The summed E-state index contributed by atoms with van der Waals surface area (Å²) < 4.78 is 13.2. The minimum absolute atomic E-state index is 0.00771. The van der Waals surface area contributed by atoms with Crippen molar-refractivity contribution in [2.45, 2.75) is 0 Å². The predicted octanol–water partition coefficient (Wildman–Crippen LogP) is 1.31. The van der Waals surface area contributed by atoms with E-state index < -0.39 is 0 Å². The van der Waals surface area contributed by atoms with E-state index in [1.165, 1.54) is 12.1 Å². The molecule has 0 saturated carbocycles. The quantitative estimate of drug-likeness (QED) is 0.824. The first-order valence-electron chi connectivity index (χ1n) is 5.80. The van der Waals surface area contributed by atoms with E-state index in [-0.39, 0.29) is 11.7 Å². The molecule has 1 amide bonds. The second-order valence-corrected chi connectivity index (χ2v) is 4.26. The minimum atomic E-state index is -0.302. The molecule has 92 valence electrons. The van der Waals surface area contributed by atoms with E-state index in [4.69, 9.17) is 0 Å². The zero-order chi connectivity index (χ0) is 12.5. The summed E-state index contributed by atoms with van der Waals surface area (Å²) in [6.07, 6.45) is 1.64. The lowest BCUT2D eigenvalue weighted by atomic mass is 10.1. The van der Waals surface area contributed by atoms with Crippen molar-refractivity contribution in [3.63, 3.8) is 0 Å². The summed E-state index contributed by atoms with van der Waals surface area (Å²) in [6.45, 7) is 1.71. The van der Waals surface area contributed by atoms with Crippen LogP contribution in [0.2, 0.25) is 0 Å². The van der Waals surface area contributed by atoms with Crippen molar-refractivity contribution in [3.05, 3.63) is 36.3 Å². The fourth-order valence-corrected chi connectivity index (χ4v) is 2.23. The summed E-state index contributed by atoms with van der Waals surface area (Å²) in [5.74, 6) is -0.295. The number of rotatable bonds is 1. The van der Waals surface area contributed by atoms with Crippen molar-refractivity contribution in [1.82, 2.24) is 10.3 Å². The van der Waals surface area contributed by atoms with E-state index in [9.17, 15) is 9.18 Å². The van der Waals surface area contributed by atoms with Crippen molar-refractivity contribution in [1.29, 1.82) is 0 Å². The Balaban J connectivity index is 2.08. The third-order valence-electron chi connectivity index (χ3n) is 3.06. The first-order valence-corrected chi connectivity index (χ1v) is 5.80.